The van der Waals surface area contributed by atoms with Crippen LogP contribution in [-0.2, 0) is 0 Å². The molecule has 1 heterocycles. The summed E-state index contributed by atoms with van der Waals surface area (Å²) in [5.74, 6) is 0.511. The summed E-state index contributed by atoms with van der Waals surface area (Å²) in [6.07, 6.45) is 0. The van der Waals surface area contributed by atoms with Gasteiger partial charge in [-0.1, -0.05) is 64.8 Å². The molecule has 6 heteroatoms. The predicted molar refractivity (Wildman–Crippen MR) is 97.3 cm³/mol. The first kappa shape index (κ1) is 15.7. The Morgan fingerprint density at radius 2 is 1.91 bits per heavy atom. The van der Waals surface area contributed by atoms with Crippen molar-refractivity contribution in [1.82, 2.24) is 0 Å². The topological polar surface area (TPSA) is 32.6 Å². The van der Waals surface area contributed by atoms with Crippen molar-refractivity contribution in [2.45, 2.75) is 4.90 Å². The Morgan fingerprint density at radius 3 is 2.64 bits per heavy atom. The molecule has 2 aromatic carbocycles. The van der Waals surface area contributed by atoms with E-state index in [9.17, 15) is 5.21 Å². The van der Waals surface area contributed by atoms with Crippen molar-refractivity contribution in [3.63, 3.8) is 0 Å². The van der Waals surface area contributed by atoms with Crippen molar-refractivity contribution in [3.8, 4) is 0 Å². The van der Waals surface area contributed by atoms with Gasteiger partial charge in [-0.3, -0.25) is 0 Å². The molecule has 3 aromatic rings. The lowest BCUT2D eigenvalue weighted by atomic mass is 10.1. The molecule has 0 atom stereocenters. The monoisotopic (exact) mass is 367 g/mol. The lowest BCUT2D eigenvalue weighted by Crippen LogP contribution is -2.03. The van der Waals surface area contributed by atoms with E-state index in [1.165, 1.54) is 22.1 Å². The minimum Gasteiger partial charge on any atom is -0.411 e. The van der Waals surface area contributed by atoms with Crippen molar-refractivity contribution in [2.75, 3.05) is 5.75 Å². The van der Waals surface area contributed by atoms with Gasteiger partial charge >= 0.3 is 0 Å². The minimum atomic E-state index is 0.511. The van der Waals surface area contributed by atoms with Gasteiger partial charge in [0.2, 0.25) is 0 Å². The standard InChI is InChI=1S/C16H11Cl2NOS2/c17-15-8-12(16(18)22-15)13(19-20)9-21-14-7-3-5-10-4-1-2-6-11(10)14/h1-8,20H,9H2/b19-13+. The molecular weight excluding hydrogens is 357 g/mol. The van der Waals surface area contributed by atoms with Crippen LogP contribution in [0.2, 0.25) is 8.67 Å². The molecule has 0 fully saturated rings. The summed E-state index contributed by atoms with van der Waals surface area (Å²) in [6.45, 7) is 0. The molecule has 2 nitrogen and oxygen atoms in total. The van der Waals surface area contributed by atoms with Crippen molar-refractivity contribution in [1.29, 1.82) is 0 Å². The minimum absolute atomic E-state index is 0.511. The third-order valence-corrected chi connectivity index (χ3v) is 5.77. The molecule has 0 unspecified atom stereocenters. The van der Waals surface area contributed by atoms with Gasteiger partial charge < -0.3 is 5.21 Å². The number of hydrogen-bond donors (Lipinski definition) is 1. The lowest BCUT2D eigenvalue weighted by molar-refractivity contribution is 0.319. The quantitative estimate of drug-likeness (QED) is 0.258. The second kappa shape index (κ2) is 6.92. The predicted octanol–water partition coefficient (Wildman–Crippen LogP) is 6.18. The zero-order valence-corrected chi connectivity index (χ0v) is 14.4. The molecule has 0 aliphatic carbocycles. The van der Waals surface area contributed by atoms with Gasteiger partial charge in [0.15, 0.2) is 0 Å². The van der Waals surface area contributed by atoms with Gasteiger partial charge in [-0.05, 0) is 22.9 Å². The number of fused-ring (bicyclic) bond motifs is 1. The fourth-order valence-electron chi connectivity index (χ4n) is 2.17. The highest BCUT2D eigenvalue weighted by Crippen LogP contribution is 2.34. The first-order chi connectivity index (χ1) is 10.7. The number of benzene rings is 2. The molecule has 112 valence electrons. The summed E-state index contributed by atoms with van der Waals surface area (Å²) in [7, 11) is 0. The van der Waals surface area contributed by atoms with Crippen LogP contribution >= 0.6 is 46.3 Å². The smallest absolute Gasteiger partial charge is 0.104 e. The molecule has 0 radical (unpaired) electrons. The van der Waals surface area contributed by atoms with Gasteiger partial charge in [0.05, 0.1) is 10.0 Å². The van der Waals surface area contributed by atoms with Crippen LogP contribution in [0, 0.1) is 0 Å². The SMILES string of the molecule is O/N=C(\CSc1cccc2ccccc12)c1cc(Cl)sc1Cl. The number of rotatable bonds is 4. The maximum absolute atomic E-state index is 9.28. The second-order valence-electron chi connectivity index (χ2n) is 4.55. The maximum atomic E-state index is 9.28. The number of thioether (sulfide) groups is 1. The lowest BCUT2D eigenvalue weighted by Gasteiger charge is -2.07. The molecule has 0 aliphatic heterocycles. The highest BCUT2D eigenvalue weighted by Gasteiger charge is 2.14. The van der Waals surface area contributed by atoms with E-state index in [-0.39, 0.29) is 0 Å². The molecule has 3 rings (SSSR count). The number of oxime groups is 1. The molecular formula is C16H11Cl2NOS2. The van der Waals surface area contributed by atoms with Crippen LogP contribution in [0.4, 0.5) is 0 Å². The van der Waals surface area contributed by atoms with Crippen molar-refractivity contribution in [2.24, 2.45) is 5.16 Å². The third-order valence-electron chi connectivity index (χ3n) is 3.20. The van der Waals surface area contributed by atoms with E-state index in [4.69, 9.17) is 23.2 Å². The maximum Gasteiger partial charge on any atom is 0.104 e. The van der Waals surface area contributed by atoms with E-state index in [0.717, 1.165) is 4.90 Å². The largest absolute Gasteiger partial charge is 0.411 e. The highest BCUT2D eigenvalue weighted by molar-refractivity contribution is 8.00. The fraction of sp³-hybridized carbons (Fsp3) is 0.0625. The van der Waals surface area contributed by atoms with Crippen LogP contribution in [0.15, 0.2) is 58.6 Å². The first-order valence-electron chi connectivity index (χ1n) is 6.45. The van der Waals surface area contributed by atoms with E-state index < -0.39 is 0 Å². The Kier molecular flexibility index (Phi) is 4.93. The summed E-state index contributed by atoms with van der Waals surface area (Å²) in [5.41, 5.74) is 1.21. The van der Waals surface area contributed by atoms with Gasteiger partial charge in [0.1, 0.15) is 4.34 Å². The summed E-state index contributed by atoms with van der Waals surface area (Å²) in [5, 5.41) is 15.0. The van der Waals surface area contributed by atoms with Gasteiger partial charge in [0, 0.05) is 16.2 Å². The summed E-state index contributed by atoms with van der Waals surface area (Å²) >= 11 is 15.0. The summed E-state index contributed by atoms with van der Waals surface area (Å²) in [4.78, 5) is 1.14. The molecule has 1 N–H and O–H groups in total. The number of nitrogens with zero attached hydrogens (tertiary/aromatic N) is 1. The number of thiophene rings is 1. The normalized spacial score (nSPS) is 12.0. The third kappa shape index (κ3) is 3.25. The van der Waals surface area contributed by atoms with Crippen molar-refractivity contribution >= 4 is 62.8 Å². The Bertz CT molecular complexity index is 840. The van der Waals surface area contributed by atoms with E-state index >= 15 is 0 Å². The zero-order chi connectivity index (χ0) is 15.5. The van der Waals surface area contributed by atoms with E-state index in [1.54, 1.807) is 17.8 Å². The molecule has 22 heavy (non-hydrogen) atoms. The zero-order valence-electron chi connectivity index (χ0n) is 11.3. The van der Waals surface area contributed by atoms with Crippen LogP contribution < -0.4 is 0 Å². The van der Waals surface area contributed by atoms with E-state index in [2.05, 4.69) is 29.4 Å². The molecule has 0 saturated heterocycles. The van der Waals surface area contributed by atoms with Crippen LogP contribution in [0.25, 0.3) is 10.8 Å². The molecule has 0 amide bonds. The molecule has 1 aromatic heterocycles. The van der Waals surface area contributed by atoms with Crippen LogP contribution in [0.1, 0.15) is 5.56 Å². The average molecular weight is 368 g/mol. The van der Waals surface area contributed by atoms with E-state index in [0.29, 0.717) is 25.7 Å². The van der Waals surface area contributed by atoms with Crippen molar-refractivity contribution in [3.05, 3.63) is 62.8 Å². The number of halogens is 2. The first-order valence-corrected chi connectivity index (χ1v) is 9.01. The number of hydrogen-bond acceptors (Lipinski definition) is 4. The fourth-order valence-corrected chi connectivity index (χ4v) is 4.69. The Balaban J connectivity index is 1.85. The van der Waals surface area contributed by atoms with Crippen molar-refractivity contribution < 1.29 is 5.21 Å². The molecule has 0 bridgehead atoms. The highest BCUT2D eigenvalue weighted by atomic mass is 35.5. The van der Waals surface area contributed by atoms with Crippen LogP contribution in [0.3, 0.4) is 0 Å². The average Bonchev–Trinajstić information content (AvgIpc) is 2.87. The van der Waals surface area contributed by atoms with Crippen LogP contribution in [0.5, 0.6) is 0 Å². The van der Waals surface area contributed by atoms with Gasteiger partial charge in [-0.15, -0.1) is 23.1 Å². The Hall–Kier alpha value is -1.20. The molecule has 0 aliphatic rings. The summed E-state index contributed by atoms with van der Waals surface area (Å²) in [6, 6.07) is 16.1. The Morgan fingerprint density at radius 1 is 1.14 bits per heavy atom. The summed E-state index contributed by atoms with van der Waals surface area (Å²) < 4.78 is 1.12. The van der Waals surface area contributed by atoms with E-state index in [1.807, 2.05) is 18.2 Å². The Labute approximate surface area is 146 Å². The molecule has 0 saturated carbocycles. The van der Waals surface area contributed by atoms with Gasteiger partial charge in [0.25, 0.3) is 0 Å². The molecule has 0 spiro atoms. The second-order valence-corrected chi connectivity index (χ2v) is 7.85. The van der Waals surface area contributed by atoms with Crippen LogP contribution in [-0.4, -0.2) is 16.7 Å². The van der Waals surface area contributed by atoms with Gasteiger partial charge in [-0.2, -0.15) is 0 Å². The van der Waals surface area contributed by atoms with Gasteiger partial charge in [-0.25, -0.2) is 0 Å².